The fraction of sp³-hybridized carbons (Fsp3) is 0.439. The van der Waals surface area contributed by atoms with E-state index in [0.29, 0.717) is 11.1 Å². The van der Waals surface area contributed by atoms with Crippen LogP contribution in [-0.4, -0.2) is 5.92 Å². The number of halogens is 2. The van der Waals surface area contributed by atoms with Crippen molar-refractivity contribution in [3.05, 3.63) is 89.1 Å². The third-order valence-corrected chi connectivity index (χ3v) is 11.9. The molecule has 5 aromatic rings. The summed E-state index contributed by atoms with van der Waals surface area (Å²) in [5.41, 5.74) is 5.07. The fourth-order valence-corrected chi connectivity index (χ4v) is 8.59. The first-order valence-electron chi connectivity index (χ1n) is 17.0. The number of aromatic nitrogens is 1. The number of rotatable bonds is 3. The van der Waals surface area contributed by atoms with E-state index in [1.807, 2.05) is 57.4 Å². The number of pyridine rings is 1. The molecule has 2 heterocycles. The van der Waals surface area contributed by atoms with Crippen LogP contribution in [0.4, 0.5) is 8.78 Å². The first-order chi connectivity index (χ1) is 21.6. The minimum Gasteiger partial charge on any atom is -0.454 e. The van der Waals surface area contributed by atoms with Gasteiger partial charge in [0.1, 0.15) is 18.2 Å². The van der Waals surface area contributed by atoms with Gasteiger partial charge in [0.05, 0.1) is 11.0 Å². The van der Waals surface area contributed by atoms with Crippen molar-refractivity contribution < 1.29 is 19.1 Å². The number of benzene rings is 3. The Balaban J connectivity index is 1.59. The third-order valence-electron chi connectivity index (χ3n) is 11.9. The zero-order chi connectivity index (χ0) is 33.0. The number of fused-ring (bicyclic) bond motifs is 4. The van der Waals surface area contributed by atoms with Crippen LogP contribution in [0.5, 0.6) is 0 Å². The van der Waals surface area contributed by atoms with Gasteiger partial charge < -0.3 is 4.42 Å². The summed E-state index contributed by atoms with van der Waals surface area (Å²) in [5.74, 6) is -3.82. The summed E-state index contributed by atoms with van der Waals surface area (Å²) < 4.78 is 52.8. The topological polar surface area (TPSA) is 17.0 Å². The molecule has 0 unspecified atom stereocenters. The van der Waals surface area contributed by atoms with Gasteiger partial charge >= 0.3 is 0 Å². The summed E-state index contributed by atoms with van der Waals surface area (Å²) in [6.07, 6.45) is 6.64. The predicted octanol–water partition coefficient (Wildman–Crippen LogP) is 11.3. The molecule has 4 heteroatoms. The third kappa shape index (κ3) is 3.99. The Bertz CT molecular complexity index is 2030. The number of alkyl halides is 2. The Morgan fingerprint density at radius 1 is 0.756 bits per heavy atom. The Morgan fingerprint density at radius 3 is 2.18 bits per heavy atom. The molecule has 2 aromatic heterocycles. The summed E-state index contributed by atoms with van der Waals surface area (Å²) in [6.45, 7) is 12.9. The largest absolute Gasteiger partial charge is 0.454 e. The van der Waals surface area contributed by atoms with Gasteiger partial charge in [-0.25, -0.2) is 13.3 Å². The van der Waals surface area contributed by atoms with Gasteiger partial charge in [0.15, 0.2) is 6.20 Å². The lowest BCUT2D eigenvalue weighted by molar-refractivity contribution is -0.660. The van der Waals surface area contributed by atoms with Crippen molar-refractivity contribution in [3.8, 4) is 22.4 Å². The molecule has 7 rings (SSSR count). The first kappa shape index (κ1) is 28.9. The molecule has 2 aliphatic rings. The molecule has 2 nitrogen and oxygen atoms in total. The highest BCUT2D eigenvalue weighted by molar-refractivity contribution is 6.13. The number of nitrogens with zero attached hydrogens (tertiary/aromatic N) is 1. The minimum atomic E-state index is -3.03. The normalized spacial score (nSPS) is 21.4. The molecule has 2 aliphatic carbocycles. The zero-order valence-electron chi connectivity index (χ0n) is 29.0. The number of para-hydroxylation sites is 1. The van der Waals surface area contributed by atoms with E-state index < -0.39 is 28.1 Å². The standard InChI is InChI=1S/C41H46F2NO/c1-25-20-21-31-30-18-14-17-29(36(30)45-37(31)33(25)32-19-12-13-24-44(32)8)28-23-22-27(26-15-10-9-11-16-26)34-35(28)39(4,5)41(42,43)40(6,7)38(34,2)3/h12-14,17-24,26H,9-11,15-16H2,1-8H3/q+1/i26D. The quantitative estimate of drug-likeness (QED) is 0.187. The molecule has 0 spiro atoms. The average Bonchev–Trinajstić information content (AvgIpc) is 3.39. The van der Waals surface area contributed by atoms with Gasteiger partial charge in [-0.1, -0.05) is 89.4 Å². The van der Waals surface area contributed by atoms with Crippen molar-refractivity contribution in [3.63, 3.8) is 0 Å². The minimum absolute atomic E-state index is 0.662. The molecule has 0 radical (unpaired) electrons. The van der Waals surface area contributed by atoms with Crippen LogP contribution in [-0.2, 0) is 17.9 Å². The molecule has 1 fully saturated rings. The Labute approximate surface area is 267 Å². The SMILES string of the molecule is [2H]C1(c2ccc(-c3cccc4c3oc3c(-c5cccc[n+]5C)c(C)ccc34)c3c2C(C)(C)C(C)(C)C(F)(F)C3(C)C)CCCCC1. The second kappa shape index (κ2) is 9.98. The van der Waals surface area contributed by atoms with Crippen molar-refractivity contribution in [1.29, 1.82) is 0 Å². The smallest absolute Gasteiger partial charge is 0.262 e. The molecular weight excluding hydrogens is 560 g/mol. The van der Waals surface area contributed by atoms with E-state index in [4.69, 9.17) is 4.42 Å². The van der Waals surface area contributed by atoms with Crippen LogP contribution in [0.15, 0.2) is 71.3 Å². The lowest BCUT2D eigenvalue weighted by Gasteiger charge is -2.59. The Morgan fingerprint density at radius 2 is 1.47 bits per heavy atom. The predicted molar refractivity (Wildman–Crippen MR) is 181 cm³/mol. The highest BCUT2D eigenvalue weighted by Gasteiger charge is 2.68. The van der Waals surface area contributed by atoms with Crippen LogP contribution in [0.2, 0.25) is 0 Å². The van der Waals surface area contributed by atoms with Crippen LogP contribution < -0.4 is 4.57 Å². The zero-order valence-corrected chi connectivity index (χ0v) is 28.0. The summed E-state index contributed by atoms with van der Waals surface area (Å²) in [5, 5.41) is 1.97. The van der Waals surface area contributed by atoms with Gasteiger partial charge in [-0.3, -0.25) is 0 Å². The lowest BCUT2D eigenvalue weighted by Crippen LogP contribution is -2.63. The summed E-state index contributed by atoms with van der Waals surface area (Å²) in [4.78, 5) is 0. The van der Waals surface area contributed by atoms with Gasteiger partial charge in [0, 0.05) is 40.7 Å². The van der Waals surface area contributed by atoms with E-state index >= 15 is 8.78 Å². The second-order valence-corrected chi connectivity index (χ2v) is 15.1. The summed E-state index contributed by atoms with van der Waals surface area (Å²) in [6, 6.07) is 20.6. The molecule has 3 aromatic carbocycles. The summed E-state index contributed by atoms with van der Waals surface area (Å²) in [7, 11) is 2.03. The number of hydrogen-bond donors (Lipinski definition) is 0. The van der Waals surface area contributed by atoms with E-state index in [0.717, 1.165) is 87.5 Å². The van der Waals surface area contributed by atoms with E-state index in [1.54, 1.807) is 27.7 Å². The van der Waals surface area contributed by atoms with Crippen LogP contribution >= 0.6 is 0 Å². The molecule has 45 heavy (non-hydrogen) atoms. The maximum atomic E-state index is 17.0. The molecular formula is C41H46F2NO+. The van der Waals surface area contributed by atoms with Gasteiger partial charge in [0.2, 0.25) is 5.69 Å². The average molecular weight is 608 g/mol. The van der Waals surface area contributed by atoms with Crippen molar-refractivity contribution in [2.24, 2.45) is 12.5 Å². The van der Waals surface area contributed by atoms with Crippen LogP contribution in [0, 0.1) is 12.3 Å². The Hall–Kier alpha value is -3.53. The van der Waals surface area contributed by atoms with Crippen molar-refractivity contribution in [2.45, 2.75) is 103 Å². The Kier molecular flexibility index (Phi) is 6.41. The number of furan rings is 1. The van der Waals surface area contributed by atoms with Gasteiger partial charge in [0.25, 0.3) is 5.92 Å². The fourth-order valence-electron chi connectivity index (χ4n) is 8.59. The lowest BCUT2D eigenvalue weighted by atomic mass is 9.47. The second-order valence-electron chi connectivity index (χ2n) is 15.1. The molecule has 0 amide bonds. The van der Waals surface area contributed by atoms with Crippen molar-refractivity contribution in [2.75, 3.05) is 0 Å². The summed E-state index contributed by atoms with van der Waals surface area (Å²) >= 11 is 0. The molecule has 0 N–H and O–H groups in total. The maximum absolute atomic E-state index is 17.0. The number of aryl methyl sites for hydroxylation is 2. The van der Waals surface area contributed by atoms with Gasteiger partial charge in [-0.15, -0.1) is 0 Å². The van der Waals surface area contributed by atoms with E-state index in [9.17, 15) is 1.37 Å². The van der Waals surface area contributed by atoms with Crippen molar-refractivity contribution >= 4 is 21.9 Å². The van der Waals surface area contributed by atoms with Gasteiger partial charge in [-0.2, -0.15) is 0 Å². The van der Waals surface area contributed by atoms with E-state index in [1.165, 1.54) is 0 Å². The van der Waals surface area contributed by atoms with Crippen molar-refractivity contribution in [1.82, 2.24) is 0 Å². The molecule has 0 saturated heterocycles. The molecule has 0 aliphatic heterocycles. The highest BCUT2D eigenvalue weighted by atomic mass is 19.3. The van der Waals surface area contributed by atoms with Crippen LogP contribution in [0.1, 0.15) is 103 Å². The molecule has 0 bridgehead atoms. The van der Waals surface area contributed by atoms with Crippen LogP contribution in [0.3, 0.4) is 0 Å². The maximum Gasteiger partial charge on any atom is 0.262 e. The van der Waals surface area contributed by atoms with E-state index in [-0.39, 0.29) is 0 Å². The highest BCUT2D eigenvalue weighted by Crippen LogP contribution is 2.66. The van der Waals surface area contributed by atoms with E-state index in [2.05, 4.69) is 41.8 Å². The van der Waals surface area contributed by atoms with Crippen LogP contribution in [0.25, 0.3) is 44.3 Å². The molecule has 1 saturated carbocycles. The van der Waals surface area contributed by atoms with Gasteiger partial charge in [-0.05, 0) is 73.4 Å². The number of hydrogen-bond acceptors (Lipinski definition) is 1. The molecule has 0 atom stereocenters. The monoisotopic (exact) mass is 607 g/mol. The molecule has 234 valence electrons. The first-order valence-corrected chi connectivity index (χ1v) is 16.5.